The minimum atomic E-state index is 0.201. The van der Waals surface area contributed by atoms with Crippen molar-refractivity contribution in [3.8, 4) is 79.6 Å². The normalized spacial score (nSPS) is 14.8. The number of nitrogens with zero attached hydrogens (tertiary/aromatic N) is 6. The van der Waals surface area contributed by atoms with Gasteiger partial charge in [0.25, 0.3) is 0 Å². The first-order valence-electron chi connectivity index (χ1n) is 22.4. The quantitative estimate of drug-likeness (QED) is 0.152. The van der Waals surface area contributed by atoms with E-state index in [-0.39, 0.29) is 5.92 Å². The van der Waals surface area contributed by atoms with Crippen LogP contribution in [0.2, 0.25) is 0 Å². The summed E-state index contributed by atoms with van der Waals surface area (Å²) in [6.45, 7) is 6.74. The Kier molecular flexibility index (Phi) is 10.3. The van der Waals surface area contributed by atoms with Gasteiger partial charge in [0.15, 0.2) is 11.6 Å². The van der Waals surface area contributed by atoms with Crippen molar-refractivity contribution in [1.82, 2.24) is 24.5 Å². The van der Waals surface area contributed by atoms with E-state index in [9.17, 15) is 5.26 Å². The van der Waals surface area contributed by atoms with Crippen LogP contribution in [0.1, 0.15) is 37.8 Å². The van der Waals surface area contributed by atoms with Crippen molar-refractivity contribution in [2.75, 3.05) is 0 Å². The number of aromatic nitrogens is 5. The average Bonchev–Trinajstić information content (AvgIpc) is 3.69. The van der Waals surface area contributed by atoms with Crippen molar-refractivity contribution >= 4 is 21.8 Å². The Morgan fingerprint density at radius 2 is 0.985 bits per heavy atom. The zero-order chi connectivity index (χ0) is 44.7. The van der Waals surface area contributed by atoms with E-state index in [4.69, 9.17) is 19.9 Å². The first-order chi connectivity index (χ1) is 32.4. The molecule has 314 valence electrons. The molecule has 6 heteroatoms. The van der Waals surface area contributed by atoms with Crippen LogP contribution in [0.3, 0.4) is 0 Å². The lowest BCUT2D eigenvalue weighted by Gasteiger charge is -2.28. The van der Waals surface area contributed by atoms with Gasteiger partial charge in [-0.25, -0.2) is 19.9 Å². The standard InChI is InChI=1S/C60H44N6/c1-38-30-39(2)57(40(3)31-38)46-28-29-48-47-26-16-17-27-55(47)66(56(48)34-46)58-49(54-36-53(44-22-12-6-13-23-44)62-59(65-54)45-24-14-7-15-25-45)32-41(37-61)33-50(58)60-63-51(42-18-8-4-9-19-42)35-52(64-60)43-20-10-5-11-21-43/h4-36,39,57H,1-3H3. The molecule has 0 amide bonds. The molecule has 10 aromatic rings. The van der Waals surface area contributed by atoms with Crippen molar-refractivity contribution < 1.29 is 0 Å². The van der Waals surface area contributed by atoms with Crippen molar-refractivity contribution in [3.63, 3.8) is 0 Å². The van der Waals surface area contributed by atoms with Crippen LogP contribution in [0, 0.1) is 17.2 Å². The number of rotatable bonds is 8. The molecule has 0 bridgehead atoms. The molecule has 0 fully saturated rings. The van der Waals surface area contributed by atoms with Crippen molar-refractivity contribution in [3.05, 3.63) is 222 Å². The second-order valence-electron chi connectivity index (χ2n) is 17.2. The molecule has 0 saturated heterocycles. The maximum Gasteiger partial charge on any atom is 0.162 e. The van der Waals surface area contributed by atoms with E-state index >= 15 is 0 Å². The molecule has 2 unspecified atom stereocenters. The fourth-order valence-corrected chi connectivity index (χ4v) is 9.86. The second-order valence-corrected chi connectivity index (χ2v) is 17.2. The molecule has 7 aromatic carbocycles. The van der Waals surface area contributed by atoms with E-state index in [1.807, 2.05) is 103 Å². The molecule has 6 nitrogen and oxygen atoms in total. The monoisotopic (exact) mass is 848 g/mol. The van der Waals surface area contributed by atoms with Crippen LogP contribution in [-0.4, -0.2) is 24.5 Å². The molecule has 1 aliphatic carbocycles. The summed E-state index contributed by atoms with van der Waals surface area (Å²) < 4.78 is 2.36. The minimum absolute atomic E-state index is 0.201. The highest BCUT2D eigenvalue weighted by atomic mass is 15.0. The zero-order valence-electron chi connectivity index (χ0n) is 36.9. The predicted octanol–water partition coefficient (Wildman–Crippen LogP) is 14.9. The molecule has 0 spiro atoms. The summed E-state index contributed by atoms with van der Waals surface area (Å²) in [4.78, 5) is 21.4. The fourth-order valence-electron chi connectivity index (χ4n) is 9.86. The summed E-state index contributed by atoms with van der Waals surface area (Å²) in [5.74, 6) is 1.58. The van der Waals surface area contributed by atoms with Crippen molar-refractivity contribution in [2.24, 2.45) is 5.92 Å². The van der Waals surface area contributed by atoms with Crippen LogP contribution >= 0.6 is 0 Å². The van der Waals surface area contributed by atoms with Gasteiger partial charge in [0.2, 0.25) is 0 Å². The Balaban J connectivity index is 1.29. The van der Waals surface area contributed by atoms with Gasteiger partial charge in [0, 0.05) is 50.1 Å². The summed E-state index contributed by atoms with van der Waals surface area (Å²) in [6, 6.07) is 66.8. The highest BCUT2D eigenvalue weighted by molar-refractivity contribution is 6.11. The second kappa shape index (κ2) is 16.9. The third-order valence-electron chi connectivity index (χ3n) is 12.7. The molecule has 0 N–H and O–H groups in total. The number of allylic oxidation sites excluding steroid dienone is 4. The smallest absolute Gasteiger partial charge is 0.162 e. The third-order valence-corrected chi connectivity index (χ3v) is 12.7. The molecular formula is C60H44N6. The predicted molar refractivity (Wildman–Crippen MR) is 269 cm³/mol. The summed E-state index contributed by atoms with van der Waals surface area (Å²) in [7, 11) is 0. The average molecular weight is 849 g/mol. The first-order valence-corrected chi connectivity index (χ1v) is 22.4. The van der Waals surface area contributed by atoms with E-state index in [0.717, 1.165) is 72.4 Å². The van der Waals surface area contributed by atoms with Gasteiger partial charge < -0.3 is 4.57 Å². The summed E-state index contributed by atoms with van der Waals surface area (Å²) in [5, 5.41) is 13.2. The summed E-state index contributed by atoms with van der Waals surface area (Å²) in [6.07, 6.45) is 4.69. The number of nitriles is 1. The molecular weight excluding hydrogens is 805 g/mol. The Morgan fingerprint density at radius 1 is 0.485 bits per heavy atom. The molecule has 66 heavy (non-hydrogen) atoms. The van der Waals surface area contributed by atoms with E-state index in [1.54, 1.807) is 0 Å². The summed E-state index contributed by atoms with van der Waals surface area (Å²) in [5.41, 5.74) is 15.4. The van der Waals surface area contributed by atoms with E-state index in [0.29, 0.717) is 34.4 Å². The van der Waals surface area contributed by atoms with Crippen LogP contribution in [0.4, 0.5) is 0 Å². The molecule has 0 aliphatic heterocycles. The van der Waals surface area contributed by atoms with Gasteiger partial charge >= 0.3 is 0 Å². The number of hydrogen-bond acceptors (Lipinski definition) is 5. The highest BCUT2D eigenvalue weighted by Crippen LogP contribution is 2.45. The fraction of sp³-hybridized carbons (Fsp3) is 0.0833. The van der Waals surface area contributed by atoms with Gasteiger partial charge in [-0.1, -0.05) is 182 Å². The van der Waals surface area contributed by atoms with E-state index in [1.165, 1.54) is 16.7 Å². The number of benzene rings is 7. The van der Waals surface area contributed by atoms with E-state index < -0.39 is 0 Å². The molecule has 3 heterocycles. The molecule has 0 saturated carbocycles. The maximum atomic E-state index is 11.0. The Bertz CT molecular complexity index is 3300. The van der Waals surface area contributed by atoms with Crippen molar-refractivity contribution in [1.29, 1.82) is 5.26 Å². The van der Waals surface area contributed by atoms with Crippen LogP contribution in [0.5, 0.6) is 0 Å². The van der Waals surface area contributed by atoms with Crippen molar-refractivity contribution in [2.45, 2.75) is 26.7 Å². The van der Waals surface area contributed by atoms with Crippen LogP contribution in [-0.2, 0) is 0 Å². The van der Waals surface area contributed by atoms with Gasteiger partial charge in [0.05, 0.1) is 51.1 Å². The van der Waals surface area contributed by atoms with Gasteiger partial charge in [-0.2, -0.15) is 5.26 Å². The topological polar surface area (TPSA) is 80.3 Å². The lowest BCUT2D eigenvalue weighted by molar-refractivity contribution is 0.601. The van der Waals surface area contributed by atoms with Gasteiger partial charge in [-0.3, -0.25) is 0 Å². The molecule has 2 atom stereocenters. The number of para-hydroxylation sites is 1. The van der Waals surface area contributed by atoms with Gasteiger partial charge in [-0.15, -0.1) is 0 Å². The maximum absolute atomic E-state index is 11.0. The van der Waals surface area contributed by atoms with E-state index in [2.05, 4.69) is 128 Å². The lowest BCUT2D eigenvalue weighted by Crippen LogP contribution is -2.13. The zero-order valence-corrected chi connectivity index (χ0v) is 36.9. The lowest BCUT2D eigenvalue weighted by atomic mass is 9.77. The van der Waals surface area contributed by atoms with Crippen LogP contribution in [0.25, 0.3) is 95.3 Å². The molecule has 11 rings (SSSR count). The van der Waals surface area contributed by atoms with Gasteiger partial charge in [-0.05, 0) is 61.7 Å². The van der Waals surface area contributed by atoms with Crippen LogP contribution < -0.4 is 0 Å². The number of hydrogen-bond donors (Lipinski definition) is 0. The van der Waals surface area contributed by atoms with Gasteiger partial charge in [0.1, 0.15) is 0 Å². The first kappa shape index (κ1) is 40.3. The molecule has 1 aliphatic rings. The van der Waals surface area contributed by atoms with Crippen LogP contribution in [0.15, 0.2) is 211 Å². The molecule has 3 aromatic heterocycles. The summed E-state index contributed by atoms with van der Waals surface area (Å²) >= 11 is 0. The number of fused-ring (bicyclic) bond motifs is 3. The third kappa shape index (κ3) is 7.37. The molecule has 0 radical (unpaired) electrons. The Labute approximate surface area is 384 Å². The highest BCUT2D eigenvalue weighted by Gasteiger charge is 2.28. The Morgan fingerprint density at radius 3 is 1.58 bits per heavy atom. The Hall–Kier alpha value is -8.53. The minimum Gasteiger partial charge on any atom is -0.308 e. The largest absolute Gasteiger partial charge is 0.308 e. The SMILES string of the molecule is CC1=CC(C)C(c2ccc3c4ccccc4n(-c4c(-c5cc(-c6ccccc6)nc(-c6ccccc6)n5)cc(C#N)cc4-c4nc(-c5ccccc5)cc(-c5ccccc5)n4)c3c2)C(C)=C1.